The third-order valence-corrected chi connectivity index (χ3v) is 5.08. The van der Waals surface area contributed by atoms with Crippen LogP contribution in [0.2, 0.25) is 0 Å². The number of amides is 2. The van der Waals surface area contributed by atoms with Crippen molar-refractivity contribution in [1.82, 2.24) is 9.80 Å². The Kier molecular flexibility index (Phi) is 4.80. The molecule has 2 N–H and O–H groups in total. The molecule has 0 aromatic carbocycles. The van der Waals surface area contributed by atoms with E-state index in [2.05, 4.69) is 0 Å². The fourth-order valence-electron chi connectivity index (χ4n) is 3.49. The van der Waals surface area contributed by atoms with Crippen molar-refractivity contribution in [1.29, 1.82) is 0 Å². The number of carboxylic acids is 1. The first kappa shape index (κ1) is 17.5. The fourth-order valence-corrected chi connectivity index (χ4v) is 3.49. The standard InChI is InChI=1S/C17H22N2O6/c20-14(18-9-6-17(24,7-10-18)16(22)23)12-4-1-2-8-19(12)15(21)13-5-3-11-25-13/h3,5,11-12,24H,1-2,4,6-10H2,(H,22,23). The lowest BCUT2D eigenvalue weighted by molar-refractivity contribution is -0.166. The van der Waals surface area contributed by atoms with Gasteiger partial charge in [0.05, 0.1) is 6.26 Å². The Morgan fingerprint density at radius 2 is 1.88 bits per heavy atom. The largest absolute Gasteiger partial charge is 0.479 e. The zero-order valence-electron chi connectivity index (χ0n) is 13.9. The molecule has 2 aliphatic heterocycles. The molecule has 0 spiro atoms. The highest BCUT2D eigenvalue weighted by atomic mass is 16.4. The molecule has 0 aliphatic carbocycles. The minimum Gasteiger partial charge on any atom is -0.479 e. The summed E-state index contributed by atoms with van der Waals surface area (Å²) in [5.74, 6) is -1.54. The molecule has 1 aromatic rings. The summed E-state index contributed by atoms with van der Waals surface area (Å²) in [5.41, 5.74) is -1.77. The highest BCUT2D eigenvalue weighted by Gasteiger charge is 2.43. The highest BCUT2D eigenvalue weighted by Crippen LogP contribution is 2.26. The first-order valence-corrected chi connectivity index (χ1v) is 8.51. The van der Waals surface area contributed by atoms with Crippen molar-refractivity contribution in [2.24, 2.45) is 0 Å². The number of likely N-dealkylation sites (tertiary alicyclic amines) is 2. The van der Waals surface area contributed by atoms with Crippen LogP contribution in [0.15, 0.2) is 22.8 Å². The van der Waals surface area contributed by atoms with Crippen LogP contribution >= 0.6 is 0 Å². The van der Waals surface area contributed by atoms with Crippen molar-refractivity contribution in [2.75, 3.05) is 19.6 Å². The van der Waals surface area contributed by atoms with Gasteiger partial charge in [0.2, 0.25) is 5.91 Å². The van der Waals surface area contributed by atoms with E-state index >= 15 is 0 Å². The number of carbonyl (C=O) groups is 3. The predicted octanol–water partition coefficient (Wildman–Crippen LogP) is 0.712. The van der Waals surface area contributed by atoms with Crippen LogP contribution in [0.4, 0.5) is 0 Å². The molecule has 2 fully saturated rings. The summed E-state index contributed by atoms with van der Waals surface area (Å²) >= 11 is 0. The van der Waals surface area contributed by atoms with Crippen molar-refractivity contribution in [3.8, 4) is 0 Å². The number of carboxylic acid groups (broad SMARTS) is 1. The van der Waals surface area contributed by atoms with Gasteiger partial charge in [-0.1, -0.05) is 0 Å². The molecule has 8 heteroatoms. The first-order valence-electron chi connectivity index (χ1n) is 8.51. The summed E-state index contributed by atoms with van der Waals surface area (Å²) in [7, 11) is 0. The average molecular weight is 350 g/mol. The topological polar surface area (TPSA) is 111 Å². The quantitative estimate of drug-likeness (QED) is 0.831. The Hall–Kier alpha value is -2.35. The zero-order chi connectivity index (χ0) is 18.0. The molecular weight excluding hydrogens is 328 g/mol. The van der Waals surface area contributed by atoms with Gasteiger partial charge in [0.1, 0.15) is 6.04 Å². The second-order valence-electron chi connectivity index (χ2n) is 6.65. The van der Waals surface area contributed by atoms with Gasteiger partial charge in [0, 0.05) is 32.5 Å². The molecule has 1 unspecified atom stereocenters. The normalized spacial score (nSPS) is 23.3. The molecule has 1 aromatic heterocycles. The molecule has 1 atom stereocenters. The third kappa shape index (κ3) is 3.39. The van der Waals surface area contributed by atoms with E-state index in [0.717, 1.165) is 12.8 Å². The number of hydrogen-bond donors (Lipinski definition) is 2. The van der Waals surface area contributed by atoms with E-state index in [4.69, 9.17) is 9.52 Å². The SMILES string of the molecule is O=C(C1CCCCN1C(=O)c1ccco1)N1CCC(O)(C(=O)O)CC1. The zero-order valence-corrected chi connectivity index (χ0v) is 13.9. The van der Waals surface area contributed by atoms with E-state index in [1.807, 2.05) is 0 Å². The van der Waals surface area contributed by atoms with Crippen LogP contribution in [0.25, 0.3) is 0 Å². The van der Waals surface area contributed by atoms with Crippen LogP contribution in [0.3, 0.4) is 0 Å². The molecule has 2 saturated heterocycles. The van der Waals surface area contributed by atoms with E-state index in [-0.39, 0.29) is 43.5 Å². The van der Waals surface area contributed by atoms with Crippen molar-refractivity contribution in [2.45, 2.75) is 43.7 Å². The number of hydrogen-bond acceptors (Lipinski definition) is 5. The Labute approximate surface area is 145 Å². The summed E-state index contributed by atoms with van der Waals surface area (Å²) in [6, 6.07) is 2.64. The van der Waals surface area contributed by atoms with Crippen LogP contribution in [0.1, 0.15) is 42.7 Å². The lowest BCUT2D eigenvalue weighted by atomic mass is 9.90. The molecule has 3 rings (SSSR count). The molecule has 136 valence electrons. The minimum absolute atomic E-state index is 0.00702. The van der Waals surface area contributed by atoms with Gasteiger partial charge in [-0.3, -0.25) is 9.59 Å². The second kappa shape index (κ2) is 6.87. The van der Waals surface area contributed by atoms with Crippen LogP contribution in [0.5, 0.6) is 0 Å². The van der Waals surface area contributed by atoms with Crippen molar-refractivity contribution in [3.63, 3.8) is 0 Å². The predicted molar refractivity (Wildman–Crippen MR) is 85.8 cm³/mol. The molecular formula is C17H22N2O6. The Morgan fingerprint density at radius 3 is 2.48 bits per heavy atom. The summed E-state index contributed by atoms with van der Waals surface area (Å²) in [5, 5.41) is 19.1. The summed E-state index contributed by atoms with van der Waals surface area (Å²) in [6.07, 6.45) is 3.66. The number of aliphatic carboxylic acids is 1. The average Bonchev–Trinajstić information content (AvgIpc) is 3.16. The van der Waals surface area contributed by atoms with Gasteiger partial charge in [0.25, 0.3) is 5.91 Å². The summed E-state index contributed by atoms with van der Waals surface area (Å²) in [4.78, 5) is 39.7. The van der Waals surface area contributed by atoms with E-state index in [1.54, 1.807) is 21.9 Å². The number of nitrogens with zero attached hydrogens (tertiary/aromatic N) is 2. The minimum atomic E-state index is -1.77. The molecule has 3 heterocycles. The molecule has 2 amide bonds. The summed E-state index contributed by atoms with van der Waals surface area (Å²) in [6.45, 7) is 0.824. The smallest absolute Gasteiger partial charge is 0.335 e. The van der Waals surface area contributed by atoms with E-state index in [0.29, 0.717) is 13.0 Å². The number of aliphatic hydroxyl groups is 1. The van der Waals surface area contributed by atoms with Gasteiger partial charge < -0.3 is 24.4 Å². The maximum atomic E-state index is 12.9. The Balaban J connectivity index is 1.69. The highest BCUT2D eigenvalue weighted by molar-refractivity contribution is 5.95. The lowest BCUT2D eigenvalue weighted by Crippen LogP contribution is -2.57. The molecule has 0 radical (unpaired) electrons. The van der Waals surface area contributed by atoms with Gasteiger partial charge >= 0.3 is 5.97 Å². The Morgan fingerprint density at radius 1 is 1.16 bits per heavy atom. The van der Waals surface area contributed by atoms with Crippen LogP contribution in [-0.2, 0) is 9.59 Å². The summed E-state index contributed by atoms with van der Waals surface area (Å²) < 4.78 is 5.16. The maximum Gasteiger partial charge on any atom is 0.335 e. The molecule has 25 heavy (non-hydrogen) atoms. The van der Waals surface area contributed by atoms with Gasteiger partial charge in [0.15, 0.2) is 11.4 Å². The van der Waals surface area contributed by atoms with E-state index < -0.39 is 17.6 Å². The Bertz CT molecular complexity index is 648. The van der Waals surface area contributed by atoms with Gasteiger partial charge in [-0.15, -0.1) is 0 Å². The van der Waals surface area contributed by atoms with E-state index in [9.17, 15) is 19.5 Å². The van der Waals surface area contributed by atoms with Crippen molar-refractivity contribution < 1.29 is 29.0 Å². The molecule has 8 nitrogen and oxygen atoms in total. The molecule has 2 aliphatic rings. The number of rotatable bonds is 3. The van der Waals surface area contributed by atoms with Crippen LogP contribution in [0, 0.1) is 0 Å². The van der Waals surface area contributed by atoms with Crippen LogP contribution in [-0.4, -0.2) is 69.1 Å². The molecule has 0 saturated carbocycles. The van der Waals surface area contributed by atoms with Crippen LogP contribution < -0.4 is 0 Å². The third-order valence-electron chi connectivity index (χ3n) is 5.08. The number of carbonyl (C=O) groups excluding carboxylic acids is 2. The molecule has 0 bridgehead atoms. The fraction of sp³-hybridized carbons (Fsp3) is 0.588. The number of furan rings is 1. The van der Waals surface area contributed by atoms with E-state index in [1.165, 1.54) is 6.26 Å². The second-order valence-corrected chi connectivity index (χ2v) is 6.65. The van der Waals surface area contributed by atoms with Crippen molar-refractivity contribution >= 4 is 17.8 Å². The lowest BCUT2D eigenvalue weighted by Gasteiger charge is -2.40. The number of piperidine rings is 2. The maximum absolute atomic E-state index is 12.9. The van der Waals surface area contributed by atoms with Gasteiger partial charge in [-0.05, 0) is 31.4 Å². The van der Waals surface area contributed by atoms with Gasteiger partial charge in [-0.25, -0.2) is 4.79 Å². The first-order chi connectivity index (χ1) is 11.9. The van der Waals surface area contributed by atoms with Gasteiger partial charge in [-0.2, -0.15) is 0 Å². The van der Waals surface area contributed by atoms with Crippen molar-refractivity contribution in [3.05, 3.63) is 24.2 Å². The monoisotopic (exact) mass is 350 g/mol.